The van der Waals surface area contributed by atoms with Crippen LogP contribution in [0.25, 0.3) is 0 Å². The number of esters is 1. The number of nitriles is 1. The first-order chi connectivity index (χ1) is 8.56. The van der Waals surface area contributed by atoms with Gasteiger partial charge in [0.25, 0.3) is 5.91 Å². The maximum Gasteiger partial charge on any atom is 0.351 e. The zero-order valence-electron chi connectivity index (χ0n) is 9.73. The third kappa shape index (κ3) is 2.38. The Morgan fingerprint density at radius 1 is 1.61 bits per heavy atom. The summed E-state index contributed by atoms with van der Waals surface area (Å²) in [5.74, 6) is -1.69. The van der Waals surface area contributed by atoms with E-state index in [9.17, 15) is 14.4 Å². The molecule has 3 amide bonds. The number of carbonyl (C=O) groups is 3. The van der Waals surface area contributed by atoms with Gasteiger partial charge >= 0.3 is 12.0 Å². The highest BCUT2D eigenvalue weighted by atomic mass is 16.5. The molecule has 0 spiro atoms. The second-order valence-electron chi connectivity index (χ2n) is 3.22. The first-order valence-electron chi connectivity index (χ1n) is 5.12. The maximum absolute atomic E-state index is 11.8. The lowest BCUT2D eigenvalue weighted by atomic mass is 10.2. The zero-order chi connectivity index (χ0) is 13.7. The lowest BCUT2D eigenvalue weighted by Crippen LogP contribution is -2.30. The van der Waals surface area contributed by atoms with Gasteiger partial charge in [0.1, 0.15) is 11.8 Å². The number of ether oxygens (including phenoxy) is 1. The third-order valence-corrected chi connectivity index (χ3v) is 2.09. The Morgan fingerprint density at radius 2 is 2.28 bits per heavy atom. The highest BCUT2D eigenvalue weighted by molar-refractivity contribution is 6.16. The predicted octanol–water partition coefficient (Wildman–Crippen LogP) is 0.0650. The Kier molecular flexibility index (Phi) is 4.21. The molecule has 94 valence electrons. The molecule has 0 aromatic carbocycles. The van der Waals surface area contributed by atoms with Gasteiger partial charge in [0, 0.05) is 6.54 Å². The molecule has 0 unspecified atom stereocenters. The van der Waals surface area contributed by atoms with Crippen LogP contribution in [0.3, 0.4) is 0 Å². The molecule has 1 fully saturated rings. The number of amides is 3. The Hall–Kier alpha value is -2.62. The van der Waals surface area contributed by atoms with Crippen LogP contribution in [0.15, 0.2) is 23.9 Å². The van der Waals surface area contributed by atoms with Crippen molar-refractivity contribution in [2.24, 2.45) is 0 Å². The van der Waals surface area contributed by atoms with Gasteiger partial charge in [-0.1, -0.05) is 6.08 Å². The van der Waals surface area contributed by atoms with Gasteiger partial charge in [0.15, 0.2) is 5.57 Å². The molecule has 0 radical (unpaired) electrons. The smallest absolute Gasteiger partial charge is 0.351 e. The van der Waals surface area contributed by atoms with Gasteiger partial charge in [-0.05, 0) is 6.92 Å². The van der Waals surface area contributed by atoms with Gasteiger partial charge in [-0.15, -0.1) is 6.58 Å². The van der Waals surface area contributed by atoms with E-state index < -0.39 is 23.5 Å². The molecule has 1 rings (SSSR count). The highest BCUT2D eigenvalue weighted by Gasteiger charge is 2.37. The normalized spacial score (nSPS) is 17.0. The van der Waals surface area contributed by atoms with Gasteiger partial charge in [-0.3, -0.25) is 9.69 Å². The number of rotatable bonds is 4. The Bertz CT molecular complexity index is 487. The Morgan fingerprint density at radius 3 is 2.78 bits per heavy atom. The Balaban J connectivity index is 3.12. The molecule has 1 aliphatic rings. The first-order valence-corrected chi connectivity index (χ1v) is 5.12. The van der Waals surface area contributed by atoms with Gasteiger partial charge in [-0.25, -0.2) is 9.59 Å². The molecule has 0 atom stereocenters. The van der Waals surface area contributed by atoms with E-state index in [1.807, 2.05) is 0 Å². The highest BCUT2D eigenvalue weighted by Crippen LogP contribution is 2.14. The van der Waals surface area contributed by atoms with E-state index in [1.54, 1.807) is 13.0 Å². The van der Waals surface area contributed by atoms with Crippen LogP contribution in [0.5, 0.6) is 0 Å². The fourth-order valence-corrected chi connectivity index (χ4v) is 1.33. The Labute approximate surface area is 103 Å². The molecule has 0 aliphatic carbocycles. The predicted molar refractivity (Wildman–Crippen MR) is 59.7 cm³/mol. The average molecular weight is 249 g/mol. The summed E-state index contributed by atoms with van der Waals surface area (Å²) in [7, 11) is 0. The van der Waals surface area contributed by atoms with Crippen molar-refractivity contribution in [3.8, 4) is 6.07 Å². The van der Waals surface area contributed by atoms with Crippen molar-refractivity contribution in [3.05, 3.63) is 23.9 Å². The van der Waals surface area contributed by atoms with Crippen molar-refractivity contribution >= 4 is 17.9 Å². The van der Waals surface area contributed by atoms with Crippen molar-refractivity contribution in [2.45, 2.75) is 6.92 Å². The van der Waals surface area contributed by atoms with Gasteiger partial charge in [0.05, 0.1) is 6.61 Å². The van der Waals surface area contributed by atoms with Crippen molar-refractivity contribution in [1.82, 2.24) is 10.2 Å². The number of hydrogen-bond donors (Lipinski definition) is 1. The fraction of sp³-hybridized carbons (Fsp3) is 0.273. The third-order valence-electron chi connectivity index (χ3n) is 2.09. The summed E-state index contributed by atoms with van der Waals surface area (Å²) in [5.41, 5.74) is -0.871. The van der Waals surface area contributed by atoms with Crippen LogP contribution in [0.4, 0.5) is 4.79 Å². The van der Waals surface area contributed by atoms with E-state index in [-0.39, 0.29) is 18.8 Å². The van der Waals surface area contributed by atoms with Gasteiger partial charge in [0.2, 0.25) is 0 Å². The van der Waals surface area contributed by atoms with Crippen molar-refractivity contribution < 1.29 is 19.1 Å². The van der Waals surface area contributed by atoms with Crippen molar-refractivity contribution in [1.29, 1.82) is 5.26 Å². The van der Waals surface area contributed by atoms with Crippen LogP contribution >= 0.6 is 0 Å². The largest absolute Gasteiger partial charge is 0.462 e. The number of urea groups is 1. The molecule has 1 N–H and O–H groups in total. The quantitative estimate of drug-likeness (QED) is 0.250. The van der Waals surface area contributed by atoms with E-state index in [0.29, 0.717) is 0 Å². The maximum atomic E-state index is 11.8. The molecule has 18 heavy (non-hydrogen) atoms. The topological polar surface area (TPSA) is 99.5 Å². The van der Waals surface area contributed by atoms with Crippen molar-refractivity contribution in [2.75, 3.05) is 13.2 Å². The van der Waals surface area contributed by atoms with Gasteiger partial charge < -0.3 is 10.1 Å². The summed E-state index contributed by atoms with van der Waals surface area (Å²) in [5, 5.41) is 11.0. The summed E-state index contributed by atoms with van der Waals surface area (Å²) in [4.78, 5) is 35.5. The summed E-state index contributed by atoms with van der Waals surface area (Å²) in [6.45, 7) is 5.03. The molecule has 0 aromatic heterocycles. The van der Waals surface area contributed by atoms with Crippen LogP contribution < -0.4 is 5.32 Å². The second-order valence-corrected chi connectivity index (χ2v) is 3.22. The minimum absolute atomic E-state index is 0.00427. The molecular weight excluding hydrogens is 238 g/mol. The molecule has 1 saturated heterocycles. The summed E-state index contributed by atoms with van der Waals surface area (Å²) >= 11 is 0. The lowest BCUT2D eigenvalue weighted by molar-refractivity contribution is -0.138. The van der Waals surface area contributed by atoms with E-state index in [1.165, 1.54) is 6.08 Å². The average Bonchev–Trinajstić information content (AvgIpc) is 2.59. The minimum atomic E-state index is -0.941. The number of nitrogens with zero attached hydrogens (tertiary/aromatic N) is 2. The number of carbonyl (C=O) groups excluding carboxylic acids is 3. The summed E-state index contributed by atoms with van der Waals surface area (Å²) in [6, 6.07) is 0.857. The summed E-state index contributed by atoms with van der Waals surface area (Å²) in [6.07, 6.45) is 1.36. The molecule has 1 heterocycles. The zero-order valence-corrected chi connectivity index (χ0v) is 9.73. The lowest BCUT2D eigenvalue weighted by Gasteiger charge is -2.07. The van der Waals surface area contributed by atoms with E-state index in [0.717, 1.165) is 4.90 Å². The number of imide groups is 1. The molecular formula is C11H11N3O4. The van der Waals surface area contributed by atoms with Crippen LogP contribution in [0, 0.1) is 11.3 Å². The minimum Gasteiger partial charge on any atom is -0.462 e. The first kappa shape index (κ1) is 13.4. The van der Waals surface area contributed by atoms with E-state index in [4.69, 9.17) is 5.26 Å². The van der Waals surface area contributed by atoms with Crippen LogP contribution in [-0.2, 0) is 14.3 Å². The molecule has 7 heteroatoms. The van der Waals surface area contributed by atoms with Crippen molar-refractivity contribution in [3.63, 3.8) is 0 Å². The molecule has 0 aromatic rings. The van der Waals surface area contributed by atoms with Gasteiger partial charge in [-0.2, -0.15) is 5.26 Å². The van der Waals surface area contributed by atoms with E-state index >= 15 is 0 Å². The van der Waals surface area contributed by atoms with Crippen LogP contribution in [0.2, 0.25) is 0 Å². The molecule has 1 aliphatic heterocycles. The number of hydrogen-bond acceptors (Lipinski definition) is 5. The summed E-state index contributed by atoms with van der Waals surface area (Å²) < 4.78 is 4.62. The fourth-order valence-electron chi connectivity index (χ4n) is 1.33. The van der Waals surface area contributed by atoms with Crippen LogP contribution in [-0.4, -0.2) is 36.0 Å². The standard InChI is InChI=1S/C11H11N3O4/c1-3-5-14-9(15)8(13-11(14)17)7(6-12)10(16)18-4-2/h3H,1,4-5H2,2H3,(H,13,17). The van der Waals surface area contributed by atoms with Crippen LogP contribution in [0.1, 0.15) is 6.92 Å². The van der Waals surface area contributed by atoms with E-state index in [2.05, 4.69) is 16.6 Å². The second kappa shape index (κ2) is 5.63. The molecule has 0 saturated carbocycles. The number of nitrogens with one attached hydrogen (secondary N) is 1. The monoisotopic (exact) mass is 249 g/mol. The molecule has 7 nitrogen and oxygen atoms in total. The SMILES string of the molecule is C=CCN1C(=O)NC(=C(C#N)C(=O)OCC)C1=O. The molecule has 0 bridgehead atoms.